The Morgan fingerprint density at radius 1 is 1.04 bits per heavy atom. The summed E-state index contributed by atoms with van der Waals surface area (Å²) >= 11 is 0. The first-order valence-corrected chi connectivity index (χ1v) is 9.86. The topological polar surface area (TPSA) is 66.0 Å². The predicted octanol–water partition coefficient (Wildman–Crippen LogP) is 3.26. The molecule has 0 aliphatic rings. The van der Waals surface area contributed by atoms with Gasteiger partial charge in [0.1, 0.15) is 22.5 Å². The van der Waals surface area contributed by atoms with Gasteiger partial charge in [-0.1, -0.05) is 50.8 Å². The van der Waals surface area contributed by atoms with Gasteiger partial charge in [0.2, 0.25) is 6.33 Å². The van der Waals surface area contributed by atoms with Gasteiger partial charge >= 0.3 is 0 Å². The van der Waals surface area contributed by atoms with Crippen molar-refractivity contribution in [3.63, 3.8) is 0 Å². The van der Waals surface area contributed by atoms with Crippen LogP contribution in [0.15, 0.2) is 53.9 Å². The maximum Gasteiger partial charge on any atom is 0.243 e. The third-order valence-corrected chi connectivity index (χ3v) is 4.47. The van der Waals surface area contributed by atoms with Gasteiger partial charge < -0.3 is 4.55 Å². The normalized spacial score (nSPS) is 11.0. The van der Waals surface area contributed by atoms with E-state index in [0.717, 1.165) is 0 Å². The van der Waals surface area contributed by atoms with Gasteiger partial charge in [-0.2, -0.15) is 0 Å². The predicted molar refractivity (Wildman–Crippen MR) is 93.4 cm³/mol. The Kier molecular flexibility index (Phi) is 9.34. The van der Waals surface area contributed by atoms with Gasteiger partial charge in [0.05, 0.1) is 18.5 Å². The molecule has 0 saturated carbocycles. The molecule has 6 heteroatoms. The lowest BCUT2D eigenvalue weighted by molar-refractivity contribution is -0.671. The zero-order valence-corrected chi connectivity index (χ0v) is 15.4. The zero-order chi connectivity index (χ0) is 17.8. The van der Waals surface area contributed by atoms with Crippen LogP contribution in [0.5, 0.6) is 0 Å². The van der Waals surface area contributed by atoms with Gasteiger partial charge in [-0.15, -0.1) is 0 Å². The molecule has 5 nitrogen and oxygen atoms in total. The number of nitrogens with zero attached hydrogens (tertiary/aromatic N) is 2. The summed E-state index contributed by atoms with van der Waals surface area (Å²) in [6.07, 6.45) is 14.6. The minimum absolute atomic E-state index is 0.185. The average molecular weight is 353 g/mol. The van der Waals surface area contributed by atoms with Crippen LogP contribution in [0.2, 0.25) is 0 Å². The highest BCUT2D eigenvalue weighted by atomic mass is 32.2. The molecule has 0 aliphatic heterocycles. The fourth-order valence-corrected chi connectivity index (χ4v) is 2.79. The number of aromatic nitrogens is 2. The Morgan fingerprint density at radius 3 is 2.17 bits per heavy atom. The van der Waals surface area contributed by atoms with Crippen molar-refractivity contribution < 1.29 is 17.5 Å². The molecule has 2 rings (SSSR count). The average Bonchev–Trinajstić information content (AvgIpc) is 2.97. The van der Waals surface area contributed by atoms with E-state index in [4.69, 9.17) is 0 Å². The highest BCUT2D eigenvalue weighted by Crippen LogP contribution is 2.06. The van der Waals surface area contributed by atoms with E-state index in [-0.39, 0.29) is 4.90 Å². The largest absolute Gasteiger partial charge is 0.744 e. The third-order valence-electron chi connectivity index (χ3n) is 3.63. The van der Waals surface area contributed by atoms with E-state index in [0.29, 0.717) is 0 Å². The summed E-state index contributed by atoms with van der Waals surface area (Å²) in [7, 11) is -2.19. The second kappa shape index (κ2) is 11.0. The number of unbranched alkanes of at least 4 members (excludes halogenated alkanes) is 5. The van der Waals surface area contributed by atoms with Gasteiger partial charge in [0.25, 0.3) is 0 Å². The highest BCUT2D eigenvalue weighted by Gasteiger charge is 1.98. The molecule has 0 fully saturated rings. The smallest absolute Gasteiger partial charge is 0.243 e. The Labute approximate surface area is 145 Å². The fourth-order valence-electron chi connectivity index (χ4n) is 2.30. The van der Waals surface area contributed by atoms with Crippen molar-refractivity contribution in [2.45, 2.75) is 56.9 Å². The molecule has 0 amide bonds. The first-order valence-electron chi connectivity index (χ1n) is 8.45. The maximum absolute atomic E-state index is 10.3. The molecule has 0 N–H and O–H groups in total. The molecule has 1 aromatic carbocycles. The summed E-state index contributed by atoms with van der Waals surface area (Å²) in [5.41, 5.74) is 0. The molecule has 24 heavy (non-hydrogen) atoms. The minimum Gasteiger partial charge on any atom is -0.744 e. The molecule has 0 radical (unpaired) electrons. The van der Waals surface area contributed by atoms with E-state index in [2.05, 4.69) is 41.8 Å². The Bertz CT molecular complexity index is 667. The summed E-state index contributed by atoms with van der Waals surface area (Å²) in [5.74, 6) is 0. The van der Waals surface area contributed by atoms with Crippen LogP contribution in [0.25, 0.3) is 0 Å². The van der Waals surface area contributed by atoms with E-state index in [1.54, 1.807) is 6.07 Å². The van der Waals surface area contributed by atoms with Crippen LogP contribution < -0.4 is 4.57 Å². The number of rotatable bonds is 8. The van der Waals surface area contributed by atoms with E-state index >= 15 is 0 Å². The molecule has 1 aromatic heterocycles. The molecule has 0 aliphatic carbocycles. The van der Waals surface area contributed by atoms with Crippen LogP contribution in [0, 0.1) is 0 Å². The Balaban J connectivity index is 0.000000254. The van der Waals surface area contributed by atoms with Crippen LogP contribution in [0.1, 0.15) is 45.4 Å². The first kappa shape index (κ1) is 20.4. The van der Waals surface area contributed by atoms with Gasteiger partial charge in [0, 0.05) is 0 Å². The third kappa shape index (κ3) is 8.84. The zero-order valence-electron chi connectivity index (χ0n) is 14.6. The molecule has 0 spiro atoms. The molecule has 0 bridgehead atoms. The lowest BCUT2D eigenvalue weighted by Crippen LogP contribution is -2.23. The molecule has 0 unspecified atom stereocenters. The highest BCUT2D eigenvalue weighted by molar-refractivity contribution is 7.85. The van der Waals surface area contributed by atoms with E-state index < -0.39 is 10.1 Å². The van der Waals surface area contributed by atoms with Crippen molar-refractivity contribution in [2.75, 3.05) is 0 Å². The number of imidazole rings is 1. The van der Waals surface area contributed by atoms with Crippen LogP contribution in [-0.4, -0.2) is 17.5 Å². The Morgan fingerprint density at radius 2 is 1.67 bits per heavy atom. The molecule has 134 valence electrons. The molecule has 0 atom stereocenters. The van der Waals surface area contributed by atoms with Crippen molar-refractivity contribution in [1.29, 1.82) is 0 Å². The number of aryl methyl sites for hydroxylation is 2. The van der Waals surface area contributed by atoms with Gasteiger partial charge in [-0.25, -0.2) is 17.6 Å². The molecule has 1 heterocycles. The maximum atomic E-state index is 10.3. The van der Waals surface area contributed by atoms with E-state index in [1.807, 2.05) is 0 Å². The quantitative estimate of drug-likeness (QED) is 0.416. The van der Waals surface area contributed by atoms with Gasteiger partial charge in [0.15, 0.2) is 0 Å². The summed E-state index contributed by atoms with van der Waals surface area (Å²) in [4.78, 5) is -0.185. The van der Waals surface area contributed by atoms with Crippen LogP contribution >= 0.6 is 0 Å². The first-order chi connectivity index (χ1) is 11.4. The fraction of sp³-hybridized carbons (Fsp3) is 0.500. The summed E-state index contributed by atoms with van der Waals surface area (Å²) in [5, 5.41) is 0. The standard InChI is InChI=1S/C12H23N2.C6H6O3S/c1-3-4-5-6-7-8-9-14-11-10-13(2)12-14;7-10(8,9)6-4-2-1-3-5-6/h10-12H,3-9H2,1-2H3;1-5H,(H,7,8,9)/q+1;/p-1. The van der Waals surface area contributed by atoms with Crippen LogP contribution in [-0.2, 0) is 23.7 Å². The minimum atomic E-state index is -4.25. The van der Waals surface area contributed by atoms with Gasteiger partial charge in [-0.3, -0.25) is 0 Å². The molecule has 0 saturated heterocycles. The monoisotopic (exact) mass is 352 g/mol. The van der Waals surface area contributed by atoms with Crippen LogP contribution in [0.3, 0.4) is 0 Å². The second-order valence-electron chi connectivity index (χ2n) is 5.85. The van der Waals surface area contributed by atoms with Gasteiger partial charge in [-0.05, 0) is 25.0 Å². The lowest BCUT2D eigenvalue weighted by atomic mass is 10.1. The second-order valence-corrected chi connectivity index (χ2v) is 7.23. The summed E-state index contributed by atoms with van der Waals surface area (Å²) in [6.45, 7) is 3.44. The summed E-state index contributed by atoms with van der Waals surface area (Å²) < 4.78 is 35.2. The lowest BCUT2D eigenvalue weighted by Gasteiger charge is -2.04. The van der Waals surface area contributed by atoms with Crippen molar-refractivity contribution in [3.05, 3.63) is 49.1 Å². The van der Waals surface area contributed by atoms with E-state index in [9.17, 15) is 13.0 Å². The Hall–Kier alpha value is -1.66. The van der Waals surface area contributed by atoms with Crippen LogP contribution in [0.4, 0.5) is 0 Å². The molecular formula is C18H28N2O3S. The van der Waals surface area contributed by atoms with Crippen molar-refractivity contribution in [2.24, 2.45) is 7.05 Å². The van der Waals surface area contributed by atoms with Crippen molar-refractivity contribution >= 4 is 10.1 Å². The number of hydrogen-bond acceptors (Lipinski definition) is 3. The summed E-state index contributed by atoms with van der Waals surface area (Å²) in [6, 6.07) is 7.19. The van der Waals surface area contributed by atoms with Crippen molar-refractivity contribution in [3.8, 4) is 0 Å². The molecular weight excluding hydrogens is 324 g/mol. The number of hydrogen-bond donors (Lipinski definition) is 0. The van der Waals surface area contributed by atoms with E-state index in [1.165, 1.54) is 69.3 Å². The molecule has 2 aromatic rings. The number of benzene rings is 1. The van der Waals surface area contributed by atoms with Crippen molar-refractivity contribution in [1.82, 2.24) is 4.57 Å². The SMILES string of the molecule is CCCCCCCCn1cc[n+](C)c1.O=S(=O)([O-])c1ccccc1.